The van der Waals surface area contributed by atoms with E-state index < -0.39 is 10.5 Å². The Bertz CT molecular complexity index is 758. The average molecular weight is 311 g/mol. The van der Waals surface area contributed by atoms with E-state index in [1.807, 2.05) is 4.57 Å². The molecule has 0 radical (unpaired) electrons. The first-order valence-electron chi connectivity index (χ1n) is 6.69. The number of benzene rings is 1. The fraction of sp³-hybridized carbons (Fsp3) is 0.385. The van der Waals surface area contributed by atoms with Crippen molar-refractivity contribution in [1.29, 1.82) is 0 Å². The van der Waals surface area contributed by atoms with Crippen LogP contribution in [0.15, 0.2) is 24.3 Å². The molecule has 6 nitrogen and oxygen atoms in total. The molecular weight excluding hydrogens is 297 g/mol. The third kappa shape index (κ3) is 3.21. The molecule has 0 spiro atoms. The van der Waals surface area contributed by atoms with Crippen LogP contribution in [0.2, 0.25) is 0 Å². The molecular formula is C13H14FN3O3S. The summed E-state index contributed by atoms with van der Waals surface area (Å²) in [6.45, 7) is 0.824. The van der Waals surface area contributed by atoms with Crippen LogP contribution in [0, 0.1) is 0 Å². The predicted molar refractivity (Wildman–Crippen MR) is 73.7 cm³/mol. The Morgan fingerprint density at radius 2 is 2.05 bits per heavy atom. The lowest BCUT2D eigenvalue weighted by Crippen LogP contribution is -2.04. The Hall–Kier alpha value is -1.96. The molecule has 0 saturated heterocycles. The molecule has 0 bridgehead atoms. The van der Waals surface area contributed by atoms with Gasteiger partial charge in [0, 0.05) is 18.5 Å². The van der Waals surface area contributed by atoms with E-state index in [0.717, 1.165) is 38.1 Å². The topological polar surface area (TPSA) is 74.1 Å². The number of hydrogen-bond acceptors (Lipinski definition) is 5. The number of hydrogen-bond donors (Lipinski definition) is 0. The minimum absolute atomic E-state index is 0.0824. The van der Waals surface area contributed by atoms with Crippen LogP contribution in [-0.4, -0.2) is 23.2 Å². The summed E-state index contributed by atoms with van der Waals surface area (Å²) in [5, 5.41) is 8.34. The fourth-order valence-corrected chi connectivity index (χ4v) is 2.83. The number of aromatic nitrogens is 3. The van der Waals surface area contributed by atoms with Crippen molar-refractivity contribution in [2.45, 2.75) is 32.2 Å². The van der Waals surface area contributed by atoms with E-state index in [2.05, 4.69) is 14.4 Å². The molecule has 0 amide bonds. The fourth-order valence-electron chi connectivity index (χ4n) is 2.50. The highest BCUT2D eigenvalue weighted by Gasteiger charge is 2.17. The van der Waals surface area contributed by atoms with E-state index in [1.54, 1.807) is 12.1 Å². The van der Waals surface area contributed by atoms with Crippen molar-refractivity contribution >= 4 is 10.5 Å². The smallest absolute Gasteiger partial charge is 0.358 e. The Labute approximate surface area is 122 Å². The van der Waals surface area contributed by atoms with Gasteiger partial charge >= 0.3 is 10.5 Å². The molecule has 2 aromatic rings. The van der Waals surface area contributed by atoms with Gasteiger partial charge in [-0.25, -0.2) is 0 Å². The van der Waals surface area contributed by atoms with Crippen molar-refractivity contribution < 1.29 is 16.5 Å². The van der Waals surface area contributed by atoms with Crippen LogP contribution in [0.4, 0.5) is 3.89 Å². The van der Waals surface area contributed by atoms with Gasteiger partial charge in [-0.15, -0.1) is 10.2 Å². The Morgan fingerprint density at radius 1 is 1.19 bits per heavy atom. The third-order valence-corrected chi connectivity index (χ3v) is 3.79. The lowest BCUT2D eigenvalue weighted by atomic mass is 10.2. The van der Waals surface area contributed by atoms with E-state index in [9.17, 15) is 12.3 Å². The van der Waals surface area contributed by atoms with Gasteiger partial charge in [-0.3, -0.25) is 0 Å². The summed E-state index contributed by atoms with van der Waals surface area (Å²) in [4.78, 5) is 0. The van der Waals surface area contributed by atoms with Crippen molar-refractivity contribution in [3.63, 3.8) is 0 Å². The summed E-state index contributed by atoms with van der Waals surface area (Å²) in [5.41, 5.74) is 0.650. The second-order valence-corrected chi connectivity index (χ2v) is 5.86. The zero-order valence-corrected chi connectivity index (χ0v) is 12.0. The molecule has 1 aliphatic heterocycles. The van der Waals surface area contributed by atoms with Crippen molar-refractivity contribution in [2.24, 2.45) is 0 Å². The average Bonchev–Trinajstić information content (AvgIpc) is 2.66. The quantitative estimate of drug-likeness (QED) is 0.813. The second-order valence-electron chi connectivity index (χ2n) is 4.91. The maximum Gasteiger partial charge on any atom is 0.488 e. The first kappa shape index (κ1) is 14.0. The highest BCUT2D eigenvalue weighted by Crippen LogP contribution is 2.26. The molecule has 0 atom stereocenters. The minimum atomic E-state index is -5.03. The van der Waals surface area contributed by atoms with Gasteiger partial charge in [-0.2, -0.15) is 8.42 Å². The molecule has 0 N–H and O–H groups in total. The normalized spacial score (nSPS) is 15.3. The molecule has 1 aromatic heterocycles. The van der Waals surface area contributed by atoms with E-state index in [4.69, 9.17) is 0 Å². The monoisotopic (exact) mass is 311 g/mol. The molecule has 1 aromatic carbocycles. The molecule has 0 unspecified atom stereocenters. The van der Waals surface area contributed by atoms with Crippen molar-refractivity contribution in [1.82, 2.24) is 14.8 Å². The highest BCUT2D eigenvalue weighted by molar-refractivity contribution is 7.81. The Kier molecular flexibility index (Phi) is 3.62. The van der Waals surface area contributed by atoms with Gasteiger partial charge in [0.15, 0.2) is 5.82 Å². The predicted octanol–water partition coefficient (Wildman–Crippen LogP) is 2.26. The largest absolute Gasteiger partial charge is 0.488 e. The summed E-state index contributed by atoms with van der Waals surface area (Å²) in [7, 11) is -5.03. The third-order valence-electron chi connectivity index (χ3n) is 3.40. The molecule has 0 aliphatic carbocycles. The summed E-state index contributed by atoms with van der Waals surface area (Å²) < 4.78 is 40.0. The standard InChI is InChI=1S/C13H14FN3O3S/c14-21(18,19)20-11-6-4-5-10(9-11)13-16-15-12-7-2-1-3-8-17(12)13/h4-6,9H,1-3,7-8H2. The van der Waals surface area contributed by atoms with Crippen LogP contribution in [0.3, 0.4) is 0 Å². The first-order chi connectivity index (χ1) is 10.0. The number of nitrogens with zero attached hydrogens (tertiary/aromatic N) is 3. The number of halogens is 1. The van der Waals surface area contributed by atoms with Gasteiger partial charge in [0.25, 0.3) is 0 Å². The minimum Gasteiger partial charge on any atom is -0.358 e. The zero-order valence-electron chi connectivity index (χ0n) is 11.2. The number of fused-ring (bicyclic) bond motifs is 1. The van der Waals surface area contributed by atoms with Crippen LogP contribution in [-0.2, 0) is 23.5 Å². The van der Waals surface area contributed by atoms with Crippen molar-refractivity contribution in [2.75, 3.05) is 0 Å². The molecule has 1 aliphatic rings. The lowest BCUT2D eigenvalue weighted by molar-refractivity contribution is 0.440. The highest BCUT2D eigenvalue weighted by atomic mass is 32.3. The zero-order chi connectivity index (χ0) is 14.9. The van der Waals surface area contributed by atoms with Crippen LogP contribution in [0.25, 0.3) is 11.4 Å². The summed E-state index contributed by atoms with van der Waals surface area (Å²) in [6.07, 6.45) is 4.16. The van der Waals surface area contributed by atoms with Gasteiger partial charge in [-0.1, -0.05) is 22.4 Å². The Morgan fingerprint density at radius 3 is 2.86 bits per heavy atom. The van der Waals surface area contributed by atoms with E-state index >= 15 is 0 Å². The summed E-state index contributed by atoms with van der Waals surface area (Å²) in [6, 6.07) is 6.17. The molecule has 21 heavy (non-hydrogen) atoms. The van der Waals surface area contributed by atoms with E-state index in [-0.39, 0.29) is 5.75 Å². The van der Waals surface area contributed by atoms with Crippen LogP contribution < -0.4 is 4.18 Å². The molecule has 2 heterocycles. The Balaban J connectivity index is 1.98. The molecule has 112 valence electrons. The SMILES string of the molecule is O=S(=O)(F)Oc1cccc(-c2nnc3n2CCCCC3)c1. The van der Waals surface area contributed by atoms with Gasteiger partial charge < -0.3 is 8.75 Å². The van der Waals surface area contributed by atoms with Gasteiger partial charge in [0.1, 0.15) is 11.6 Å². The van der Waals surface area contributed by atoms with Crippen LogP contribution >= 0.6 is 0 Å². The van der Waals surface area contributed by atoms with Crippen LogP contribution in [0.5, 0.6) is 5.75 Å². The van der Waals surface area contributed by atoms with Crippen LogP contribution in [0.1, 0.15) is 25.1 Å². The maximum absolute atomic E-state index is 12.6. The number of aryl methyl sites for hydroxylation is 1. The first-order valence-corrected chi connectivity index (χ1v) is 8.00. The molecule has 0 saturated carbocycles. The molecule has 8 heteroatoms. The lowest BCUT2D eigenvalue weighted by Gasteiger charge is -2.08. The van der Waals surface area contributed by atoms with E-state index in [0.29, 0.717) is 11.4 Å². The van der Waals surface area contributed by atoms with Gasteiger partial charge in [0.2, 0.25) is 0 Å². The van der Waals surface area contributed by atoms with Crippen molar-refractivity contribution in [3.8, 4) is 17.1 Å². The maximum atomic E-state index is 12.6. The second kappa shape index (κ2) is 5.44. The molecule has 0 fully saturated rings. The summed E-state index contributed by atoms with van der Waals surface area (Å²) in [5.74, 6) is 1.49. The number of rotatable bonds is 3. The van der Waals surface area contributed by atoms with Gasteiger partial charge in [-0.05, 0) is 25.0 Å². The molecule has 3 rings (SSSR count). The van der Waals surface area contributed by atoms with Gasteiger partial charge in [0.05, 0.1) is 0 Å². The summed E-state index contributed by atoms with van der Waals surface area (Å²) >= 11 is 0. The van der Waals surface area contributed by atoms with Crippen molar-refractivity contribution in [3.05, 3.63) is 30.1 Å². The van der Waals surface area contributed by atoms with E-state index in [1.165, 1.54) is 12.1 Å².